The van der Waals surface area contributed by atoms with Gasteiger partial charge >= 0.3 is 0 Å². The van der Waals surface area contributed by atoms with Gasteiger partial charge in [0.05, 0.1) is 0 Å². The molecule has 4 heteroatoms. The Bertz CT molecular complexity index is 392. The molecule has 0 fully saturated rings. The Balaban J connectivity index is 1.95. The number of hydrogen-bond acceptors (Lipinski definition) is 2. The van der Waals surface area contributed by atoms with Gasteiger partial charge in [-0.1, -0.05) is 34.1 Å². The maximum absolute atomic E-state index is 13.3. The van der Waals surface area contributed by atoms with Gasteiger partial charge in [-0.2, -0.15) is 0 Å². The zero-order chi connectivity index (χ0) is 11.4. The van der Waals surface area contributed by atoms with E-state index >= 15 is 0 Å². The number of nitrogens with one attached hydrogen (secondary N) is 2. The molecule has 0 bridgehead atoms. The SMILES string of the molecule is Fc1ccccc1CNC1=CC(Br)CNC1. The van der Waals surface area contributed by atoms with Gasteiger partial charge in [-0.05, 0) is 12.1 Å². The topological polar surface area (TPSA) is 24.1 Å². The van der Waals surface area contributed by atoms with E-state index in [2.05, 4.69) is 32.6 Å². The molecular weight excluding hydrogens is 271 g/mol. The van der Waals surface area contributed by atoms with Crippen molar-refractivity contribution < 1.29 is 4.39 Å². The minimum Gasteiger partial charge on any atom is -0.383 e. The van der Waals surface area contributed by atoms with Crippen LogP contribution in [0.25, 0.3) is 0 Å². The highest BCUT2D eigenvalue weighted by Crippen LogP contribution is 2.10. The predicted octanol–water partition coefficient (Wildman–Crippen LogP) is 2.17. The van der Waals surface area contributed by atoms with Gasteiger partial charge in [-0.3, -0.25) is 0 Å². The quantitative estimate of drug-likeness (QED) is 0.832. The summed E-state index contributed by atoms with van der Waals surface area (Å²) in [7, 11) is 0. The third-order valence-electron chi connectivity index (χ3n) is 2.50. The zero-order valence-corrected chi connectivity index (χ0v) is 10.4. The van der Waals surface area contributed by atoms with Crippen molar-refractivity contribution in [3.05, 3.63) is 47.4 Å². The number of hydrogen-bond donors (Lipinski definition) is 2. The van der Waals surface area contributed by atoms with Crippen molar-refractivity contribution in [2.24, 2.45) is 0 Å². The number of halogens is 2. The largest absolute Gasteiger partial charge is 0.383 e. The molecule has 2 rings (SSSR count). The first-order valence-electron chi connectivity index (χ1n) is 5.28. The lowest BCUT2D eigenvalue weighted by molar-refractivity contribution is 0.592. The lowest BCUT2D eigenvalue weighted by atomic mass is 10.2. The highest BCUT2D eigenvalue weighted by atomic mass is 79.9. The molecule has 1 aromatic rings. The summed E-state index contributed by atoms with van der Waals surface area (Å²) < 4.78 is 13.3. The van der Waals surface area contributed by atoms with Gasteiger partial charge in [-0.25, -0.2) is 4.39 Å². The Morgan fingerprint density at radius 1 is 1.44 bits per heavy atom. The Morgan fingerprint density at radius 3 is 3.00 bits per heavy atom. The first-order valence-corrected chi connectivity index (χ1v) is 6.20. The molecule has 1 aliphatic rings. The molecule has 1 unspecified atom stereocenters. The molecular formula is C12H14BrFN2. The molecule has 0 saturated carbocycles. The van der Waals surface area contributed by atoms with E-state index in [4.69, 9.17) is 0 Å². The van der Waals surface area contributed by atoms with Crippen LogP contribution in [0.4, 0.5) is 4.39 Å². The average Bonchev–Trinajstić information content (AvgIpc) is 2.28. The van der Waals surface area contributed by atoms with Crippen LogP contribution in [0.3, 0.4) is 0 Å². The third kappa shape index (κ3) is 3.06. The first kappa shape index (κ1) is 11.6. The second kappa shape index (κ2) is 5.46. The van der Waals surface area contributed by atoms with E-state index in [1.54, 1.807) is 12.1 Å². The molecule has 0 amide bonds. The second-order valence-corrected chi connectivity index (χ2v) is 4.96. The van der Waals surface area contributed by atoms with E-state index in [1.165, 1.54) is 6.07 Å². The number of benzene rings is 1. The fraction of sp³-hybridized carbons (Fsp3) is 0.333. The van der Waals surface area contributed by atoms with Crippen LogP contribution in [0, 0.1) is 5.82 Å². The molecule has 0 aliphatic carbocycles. The van der Waals surface area contributed by atoms with Crippen LogP contribution in [0.5, 0.6) is 0 Å². The number of rotatable bonds is 3. The van der Waals surface area contributed by atoms with Crippen LogP contribution in [-0.4, -0.2) is 17.9 Å². The number of alkyl halides is 1. The summed E-state index contributed by atoms with van der Waals surface area (Å²) in [5.41, 5.74) is 1.80. The molecule has 1 heterocycles. The fourth-order valence-electron chi connectivity index (χ4n) is 1.65. The summed E-state index contributed by atoms with van der Waals surface area (Å²) in [6, 6.07) is 6.83. The Kier molecular flexibility index (Phi) is 3.96. The van der Waals surface area contributed by atoms with Gasteiger partial charge in [0.1, 0.15) is 5.82 Å². The lowest BCUT2D eigenvalue weighted by Crippen LogP contribution is -2.34. The van der Waals surface area contributed by atoms with Gasteiger partial charge in [0, 0.05) is 35.7 Å². The maximum atomic E-state index is 13.3. The minimum absolute atomic E-state index is 0.158. The normalized spacial score (nSPS) is 20.4. The smallest absolute Gasteiger partial charge is 0.128 e. The Hall–Kier alpha value is -0.870. The molecule has 1 atom stereocenters. The van der Waals surface area contributed by atoms with Gasteiger partial charge in [0.2, 0.25) is 0 Å². The van der Waals surface area contributed by atoms with Crippen molar-refractivity contribution in [3.63, 3.8) is 0 Å². The summed E-state index contributed by atoms with van der Waals surface area (Å²) in [5, 5.41) is 6.50. The van der Waals surface area contributed by atoms with E-state index in [1.807, 2.05) is 6.07 Å². The molecule has 0 aromatic heterocycles. The van der Waals surface area contributed by atoms with Crippen molar-refractivity contribution in [1.29, 1.82) is 0 Å². The third-order valence-corrected chi connectivity index (χ3v) is 3.09. The van der Waals surface area contributed by atoms with Gasteiger partial charge in [0.15, 0.2) is 0 Å². The van der Waals surface area contributed by atoms with Crippen molar-refractivity contribution in [3.8, 4) is 0 Å². The first-order chi connectivity index (χ1) is 7.75. The van der Waals surface area contributed by atoms with Crippen LogP contribution >= 0.6 is 15.9 Å². The summed E-state index contributed by atoms with van der Waals surface area (Å²) in [4.78, 5) is 0.351. The van der Waals surface area contributed by atoms with Crippen LogP contribution in [0.2, 0.25) is 0 Å². The van der Waals surface area contributed by atoms with Crippen LogP contribution in [-0.2, 0) is 6.54 Å². The average molecular weight is 285 g/mol. The molecule has 2 nitrogen and oxygen atoms in total. The monoisotopic (exact) mass is 284 g/mol. The second-order valence-electron chi connectivity index (χ2n) is 3.78. The molecule has 1 aliphatic heterocycles. The molecule has 1 aromatic carbocycles. The van der Waals surface area contributed by atoms with Crippen LogP contribution < -0.4 is 10.6 Å². The van der Waals surface area contributed by atoms with Crippen molar-refractivity contribution in [2.45, 2.75) is 11.4 Å². The lowest BCUT2D eigenvalue weighted by Gasteiger charge is -2.19. The molecule has 0 saturated heterocycles. The van der Waals surface area contributed by atoms with E-state index < -0.39 is 0 Å². The van der Waals surface area contributed by atoms with Gasteiger partial charge in [0.25, 0.3) is 0 Å². The van der Waals surface area contributed by atoms with Crippen LogP contribution in [0.1, 0.15) is 5.56 Å². The van der Waals surface area contributed by atoms with E-state index in [0.717, 1.165) is 18.8 Å². The molecule has 16 heavy (non-hydrogen) atoms. The summed E-state index contributed by atoms with van der Waals surface area (Å²) in [6.07, 6.45) is 2.12. The van der Waals surface area contributed by atoms with Crippen molar-refractivity contribution in [2.75, 3.05) is 13.1 Å². The summed E-state index contributed by atoms with van der Waals surface area (Å²) in [6.45, 7) is 2.28. The van der Waals surface area contributed by atoms with E-state index in [0.29, 0.717) is 16.9 Å². The highest BCUT2D eigenvalue weighted by Gasteiger charge is 2.09. The van der Waals surface area contributed by atoms with E-state index in [-0.39, 0.29) is 5.82 Å². The summed E-state index contributed by atoms with van der Waals surface area (Å²) >= 11 is 3.52. The predicted molar refractivity (Wildman–Crippen MR) is 66.9 cm³/mol. The fourth-order valence-corrected chi connectivity index (χ4v) is 2.20. The highest BCUT2D eigenvalue weighted by molar-refractivity contribution is 9.09. The Morgan fingerprint density at radius 2 is 2.25 bits per heavy atom. The summed E-state index contributed by atoms with van der Waals surface area (Å²) in [5.74, 6) is -0.158. The zero-order valence-electron chi connectivity index (χ0n) is 8.84. The van der Waals surface area contributed by atoms with Crippen molar-refractivity contribution in [1.82, 2.24) is 10.6 Å². The van der Waals surface area contributed by atoms with Gasteiger partial charge in [-0.15, -0.1) is 0 Å². The molecule has 0 radical (unpaired) electrons. The minimum atomic E-state index is -0.158. The van der Waals surface area contributed by atoms with Crippen molar-refractivity contribution >= 4 is 15.9 Å². The Labute approximate surface area is 103 Å². The maximum Gasteiger partial charge on any atom is 0.128 e. The molecule has 2 N–H and O–H groups in total. The van der Waals surface area contributed by atoms with Crippen LogP contribution in [0.15, 0.2) is 36.0 Å². The molecule has 86 valence electrons. The van der Waals surface area contributed by atoms with Gasteiger partial charge < -0.3 is 10.6 Å². The standard InChI is InChI=1S/C12H14BrFN2/c13-10-5-11(8-15-7-10)16-6-9-3-1-2-4-12(9)14/h1-5,10,15-16H,6-8H2. The molecule has 0 spiro atoms. The van der Waals surface area contributed by atoms with E-state index in [9.17, 15) is 4.39 Å².